The molecule has 0 radical (unpaired) electrons. The smallest absolute Gasteiger partial charge is 0.211 e. The third kappa shape index (κ3) is 4.26. The Kier molecular flexibility index (Phi) is 4.91. The maximum atomic E-state index is 12.8. The number of halogens is 2. The van der Waals surface area contributed by atoms with Crippen molar-refractivity contribution in [3.63, 3.8) is 0 Å². The molecule has 3 nitrogen and oxygen atoms in total. The van der Waals surface area contributed by atoms with E-state index in [2.05, 4.69) is 4.72 Å². The van der Waals surface area contributed by atoms with Gasteiger partial charge in [-0.25, -0.2) is 17.5 Å². The Labute approximate surface area is 106 Å². The second-order valence-electron chi connectivity index (χ2n) is 4.11. The molecule has 0 aliphatic rings. The zero-order chi connectivity index (χ0) is 13.1. The van der Waals surface area contributed by atoms with Crippen LogP contribution in [0.15, 0.2) is 24.3 Å². The van der Waals surface area contributed by atoms with Crippen molar-refractivity contribution in [3.8, 4) is 0 Å². The molecule has 0 fully saturated rings. The van der Waals surface area contributed by atoms with Crippen molar-refractivity contribution in [1.29, 1.82) is 0 Å². The van der Waals surface area contributed by atoms with Gasteiger partial charge in [0.15, 0.2) is 0 Å². The van der Waals surface area contributed by atoms with E-state index in [1.54, 1.807) is 12.1 Å². The van der Waals surface area contributed by atoms with Gasteiger partial charge in [-0.3, -0.25) is 0 Å². The summed E-state index contributed by atoms with van der Waals surface area (Å²) >= 11 is 5.34. The van der Waals surface area contributed by atoms with Crippen molar-refractivity contribution in [2.45, 2.75) is 19.9 Å². The van der Waals surface area contributed by atoms with Gasteiger partial charge in [-0.1, -0.05) is 26.0 Å². The van der Waals surface area contributed by atoms with Crippen LogP contribution >= 0.6 is 11.6 Å². The summed E-state index contributed by atoms with van der Waals surface area (Å²) in [7, 11) is -3.50. The highest BCUT2D eigenvalue weighted by Gasteiger charge is 2.21. The molecule has 1 rings (SSSR count). The van der Waals surface area contributed by atoms with Crippen LogP contribution in [0.4, 0.5) is 4.39 Å². The first-order valence-corrected chi connectivity index (χ1v) is 7.36. The molecule has 6 heteroatoms. The Morgan fingerprint density at radius 1 is 1.29 bits per heavy atom. The van der Waals surface area contributed by atoms with Crippen LogP contribution in [0.25, 0.3) is 0 Å². The third-order valence-corrected chi connectivity index (χ3v) is 4.11. The van der Waals surface area contributed by atoms with E-state index in [0.29, 0.717) is 0 Å². The molecular weight excluding hydrogens is 265 g/mol. The molecule has 1 N–H and O–H groups in total. The lowest BCUT2D eigenvalue weighted by atomic mass is 9.97. The average molecular weight is 280 g/mol. The predicted octanol–water partition coefficient (Wildman–Crippen LogP) is 2.64. The highest BCUT2D eigenvalue weighted by molar-refractivity contribution is 7.90. The summed E-state index contributed by atoms with van der Waals surface area (Å²) in [6.45, 7) is 3.76. The van der Waals surface area contributed by atoms with E-state index in [1.807, 2.05) is 13.8 Å². The Balaban J connectivity index is 2.98. The monoisotopic (exact) mass is 279 g/mol. The van der Waals surface area contributed by atoms with Gasteiger partial charge >= 0.3 is 0 Å². The molecule has 1 atom stereocenters. The van der Waals surface area contributed by atoms with Crippen molar-refractivity contribution < 1.29 is 12.8 Å². The quantitative estimate of drug-likeness (QED) is 0.842. The molecule has 0 amide bonds. The Bertz CT molecular complexity index is 459. The van der Waals surface area contributed by atoms with Crippen molar-refractivity contribution in [2.24, 2.45) is 5.92 Å². The average Bonchev–Trinajstić information content (AvgIpc) is 2.27. The molecule has 0 aromatic heterocycles. The van der Waals surface area contributed by atoms with Gasteiger partial charge in [0.2, 0.25) is 10.0 Å². The van der Waals surface area contributed by atoms with Gasteiger partial charge < -0.3 is 0 Å². The molecule has 17 heavy (non-hydrogen) atoms. The molecule has 1 unspecified atom stereocenters. The highest BCUT2D eigenvalue weighted by Crippen LogP contribution is 2.23. The molecule has 0 aliphatic heterocycles. The molecule has 0 aliphatic carbocycles. The van der Waals surface area contributed by atoms with Crippen LogP contribution in [0.3, 0.4) is 0 Å². The number of rotatable bonds is 5. The summed E-state index contributed by atoms with van der Waals surface area (Å²) in [4.78, 5) is 0. The van der Waals surface area contributed by atoms with Crippen molar-refractivity contribution in [2.75, 3.05) is 5.21 Å². The SMILES string of the molecule is CC(C)C(NS(=O)(=O)CCl)c1ccc(F)cc1. The first kappa shape index (κ1) is 14.4. The maximum absolute atomic E-state index is 12.8. The summed E-state index contributed by atoms with van der Waals surface area (Å²) in [5.41, 5.74) is 0.718. The maximum Gasteiger partial charge on any atom is 0.226 e. The lowest BCUT2D eigenvalue weighted by Crippen LogP contribution is -2.32. The fraction of sp³-hybridized carbons (Fsp3) is 0.455. The van der Waals surface area contributed by atoms with Crippen LogP contribution in [-0.2, 0) is 10.0 Å². The minimum absolute atomic E-state index is 0.0402. The molecule has 1 aromatic rings. The van der Waals surface area contributed by atoms with Crippen molar-refractivity contribution in [1.82, 2.24) is 4.72 Å². The molecule has 0 saturated heterocycles. The van der Waals surface area contributed by atoms with E-state index in [-0.39, 0.29) is 11.7 Å². The van der Waals surface area contributed by atoms with Crippen molar-refractivity contribution >= 4 is 21.6 Å². The van der Waals surface area contributed by atoms with Crippen LogP contribution in [0, 0.1) is 11.7 Å². The van der Waals surface area contributed by atoms with Crippen LogP contribution in [0.2, 0.25) is 0 Å². The first-order valence-electron chi connectivity index (χ1n) is 5.17. The largest absolute Gasteiger partial charge is 0.226 e. The number of hydrogen-bond acceptors (Lipinski definition) is 2. The summed E-state index contributed by atoms with van der Waals surface area (Å²) in [5.74, 6) is -0.310. The molecule has 1 aromatic carbocycles. The zero-order valence-corrected chi connectivity index (χ0v) is 11.2. The van der Waals surface area contributed by atoms with Gasteiger partial charge in [0.25, 0.3) is 0 Å². The number of alkyl halides is 1. The number of nitrogens with one attached hydrogen (secondary N) is 1. The van der Waals surface area contributed by atoms with E-state index in [1.165, 1.54) is 12.1 Å². The fourth-order valence-corrected chi connectivity index (χ4v) is 2.53. The summed E-state index contributed by atoms with van der Waals surface area (Å²) in [6.07, 6.45) is 0. The van der Waals surface area contributed by atoms with E-state index in [0.717, 1.165) is 5.56 Å². The lowest BCUT2D eigenvalue weighted by Gasteiger charge is -2.22. The van der Waals surface area contributed by atoms with Crippen molar-refractivity contribution in [3.05, 3.63) is 35.6 Å². The van der Waals surface area contributed by atoms with Gasteiger partial charge in [0, 0.05) is 6.04 Å². The fourth-order valence-electron chi connectivity index (χ4n) is 1.48. The Hall–Kier alpha value is -0.650. The van der Waals surface area contributed by atoms with Crippen LogP contribution in [0.5, 0.6) is 0 Å². The third-order valence-electron chi connectivity index (χ3n) is 2.35. The first-order chi connectivity index (χ1) is 7.85. The normalized spacial score (nSPS) is 13.9. The minimum atomic E-state index is -3.50. The minimum Gasteiger partial charge on any atom is -0.211 e. The molecule has 96 valence electrons. The molecular formula is C11H15ClFNO2S. The Morgan fingerprint density at radius 2 is 1.82 bits per heavy atom. The van der Waals surface area contributed by atoms with Gasteiger partial charge in [-0.15, -0.1) is 11.6 Å². The summed E-state index contributed by atoms with van der Waals surface area (Å²) in [5, 5.41) is -0.489. The van der Waals surface area contributed by atoms with E-state index >= 15 is 0 Å². The topological polar surface area (TPSA) is 46.2 Å². The second kappa shape index (κ2) is 5.80. The zero-order valence-electron chi connectivity index (χ0n) is 9.65. The van der Waals surface area contributed by atoms with Gasteiger partial charge in [-0.05, 0) is 23.6 Å². The Morgan fingerprint density at radius 3 is 2.24 bits per heavy atom. The standard InChI is InChI=1S/C11H15ClFNO2S/c1-8(2)11(14-17(15,16)7-12)9-3-5-10(13)6-4-9/h3-6,8,11,14H,7H2,1-2H3. The van der Waals surface area contributed by atoms with Crippen LogP contribution in [0.1, 0.15) is 25.5 Å². The van der Waals surface area contributed by atoms with E-state index in [9.17, 15) is 12.8 Å². The van der Waals surface area contributed by atoms with Crippen LogP contribution in [-0.4, -0.2) is 13.6 Å². The molecule has 0 bridgehead atoms. The predicted molar refractivity (Wildman–Crippen MR) is 66.8 cm³/mol. The van der Waals surface area contributed by atoms with E-state index < -0.39 is 21.3 Å². The number of benzene rings is 1. The molecule has 0 saturated carbocycles. The number of hydrogen-bond donors (Lipinski definition) is 1. The lowest BCUT2D eigenvalue weighted by molar-refractivity contribution is 0.464. The molecule has 0 heterocycles. The second-order valence-corrected chi connectivity index (χ2v) is 6.45. The van der Waals surface area contributed by atoms with Gasteiger partial charge in [0.05, 0.1) is 0 Å². The molecule has 0 spiro atoms. The highest BCUT2D eigenvalue weighted by atomic mass is 35.5. The number of sulfonamides is 1. The summed E-state index contributed by atoms with van der Waals surface area (Å²) in [6, 6.07) is 5.34. The van der Waals surface area contributed by atoms with Crippen LogP contribution < -0.4 is 4.72 Å². The summed E-state index contributed by atoms with van der Waals surface area (Å²) < 4.78 is 38.2. The van der Waals surface area contributed by atoms with E-state index in [4.69, 9.17) is 11.6 Å². The van der Waals surface area contributed by atoms with Gasteiger partial charge in [-0.2, -0.15) is 0 Å². The van der Waals surface area contributed by atoms with Gasteiger partial charge in [0.1, 0.15) is 11.0 Å².